The fraction of sp³-hybridized carbons (Fsp3) is 0.577. The van der Waals surface area contributed by atoms with Gasteiger partial charge in [0, 0.05) is 61.7 Å². The Morgan fingerprint density at radius 3 is 2.77 bits per heavy atom. The van der Waals surface area contributed by atoms with Gasteiger partial charge < -0.3 is 25.8 Å². The smallest absolute Gasteiger partial charge is 0.160 e. The summed E-state index contributed by atoms with van der Waals surface area (Å²) in [6.45, 7) is 7.34. The van der Waals surface area contributed by atoms with Gasteiger partial charge in [-0.2, -0.15) is 5.10 Å². The number of aliphatic hydroxyl groups excluding tert-OH is 1. The zero-order chi connectivity index (χ0) is 24.4. The molecule has 0 radical (unpaired) electrons. The molecule has 2 saturated heterocycles. The quantitative estimate of drug-likeness (QED) is 0.472. The van der Waals surface area contributed by atoms with Gasteiger partial charge in [-0.3, -0.25) is 0 Å². The number of aliphatic hydroxyl groups is 1. The molecule has 2 atom stereocenters. The summed E-state index contributed by atoms with van der Waals surface area (Å²) in [5, 5.41) is 19.0. The molecule has 0 amide bonds. The van der Waals surface area contributed by atoms with Crippen molar-refractivity contribution < 1.29 is 9.84 Å². The van der Waals surface area contributed by atoms with Gasteiger partial charge in [0.25, 0.3) is 0 Å². The number of nitrogens with one attached hydrogen (secondary N) is 1. The number of nitrogens with zero attached hydrogens (tertiary/aromatic N) is 5. The van der Waals surface area contributed by atoms with Gasteiger partial charge in [-0.1, -0.05) is 0 Å². The van der Waals surface area contributed by atoms with Crippen molar-refractivity contribution in [3.05, 3.63) is 36.2 Å². The summed E-state index contributed by atoms with van der Waals surface area (Å²) in [6.07, 6.45) is 8.42. The highest BCUT2D eigenvalue weighted by Gasteiger charge is 2.27. The molecule has 35 heavy (non-hydrogen) atoms. The highest BCUT2D eigenvalue weighted by Crippen LogP contribution is 2.30. The molecule has 0 unspecified atom stereocenters. The van der Waals surface area contributed by atoms with Crippen LogP contribution >= 0.6 is 0 Å². The molecule has 0 aliphatic carbocycles. The summed E-state index contributed by atoms with van der Waals surface area (Å²) in [5.74, 6) is 2.18. The third-order valence-corrected chi connectivity index (χ3v) is 7.27. The Bertz CT molecular complexity index is 1140. The molecule has 9 heteroatoms. The number of anilines is 3. The van der Waals surface area contributed by atoms with Crippen molar-refractivity contribution in [1.29, 1.82) is 0 Å². The minimum atomic E-state index is -0.446. The van der Waals surface area contributed by atoms with Gasteiger partial charge in [-0.25, -0.2) is 14.6 Å². The Kier molecular flexibility index (Phi) is 7.17. The first-order chi connectivity index (χ1) is 17.0. The Morgan fingerprint density at radius 1 is 1.17 bits per heavy atom. The zero-order valence-corrected chi connectivity index (χ0v) is 20.7. The van der Waals surface area contributed by atoms with E-state index in [1.165, 1.54) is 5.56 Å². The van der Waals surface area contributed by atoms with Gasteiger partial charge in [0.05, 0.1) is 12.3 Å². The van der Waals surface area contributed by atoms with Crippen LogP contribution in [-0.2, 0) is 11.2 Å². The van der Waals surface area contributed by atoms with Gasteiger partial charge in [-0.05, 0) is 69.6 Å². The van der Waals surface area contributed by atoms with Crippen LogP contribution in [0.4, 0.5) is 17.3 Å². The van der Waals surface area contributed by atoms with Crippen molar-refractivity contribution in [2.24, 2.45) is 11.7 Å². The highest BCUT2D eigenvalue weighted by atomic mass is 16.5. The van der Waals surface area contributed by atoms with Crippen LogP contribution in [0, 0.1) is 5.92 Å². The lowest BCUT2D eigenvalue weighted by Gasteiger charge is -2.37. The van der Waals surface area contributed by atoms with E-state index in [0.29, 0.717) is 18.9 Å². The number of hydrogen-bond donors (Lipinski definition) is 3. The standard InChI is InChI=1S/C26H37N7O2/c1-17(2)33-26-20(15-29-33)5-6-24(31-26)30-25-13-22(32-10-7-23(34)21(27)16-32)19(14-28-25)4-3-18-8-11-35-12-9-18/h5-6,13-15,17-18,21,23,34H,3-4,7-12,16,27H2,1-2H3,(H,28,30,31)/t21-,23-/m1/s1. The van der Waals surface area contributed by atoms with Gasteiger partial charge in [0.15, 0.2) is 5.65 Å². The summed E-state index contributed by atoms with van der Waals surface area (Å²) in [6, 6.07) is 6.08. The summed E-state index contributed by atoms with van der Waals surface area (Å²) >= 11 is 0. The average molecular weight is 480 g/mol. The first kappa shape index (κ1) is 24.0. The molecule has 2 aliphatic heterocycles. The average Bonchev–Trinajstić information content (AvgIpc) is 3.29. The molecule has 3 aromatic rings. The van der Waals surface area contributed by atoms with E-state index in [1.807, 2.05) is 29.2 Å². The number of hydrogen-bond acceptors (Lipinski definition) is 8. The molecule has 2 fully saturated rings. The Morgan fingerprint density at radius 2 is 2.00 bits per heavy atom. The fourth-order valence-electron chi connectivity index (χ4n) is 5.11. The predicted octanol–water partition coefficient (Wildman–Crippen LogP) is 3.41. The van der Waals surface area contributed by atoms with Crippen LogP contribution in [0.15, 0.2) is 30.6 Å². The minimum Gasteiger partial charge on any atom is -0.391 e. The summed E-state index contributed by atoms with van der Waals surface area (Å²) < 4.78 is 7.46. The second-order valence-electron chi connectivity index (χ2n) is 10.2. The lowest BCUT2D eigenvalue weighted by molar-refractivity contribution is 0.0640. The lowest BCUT2D eigenvalue weighted by atomic mass is 9.92. The van der Waals surface area contributed by atoms with Gasteiger partial charge in [0.1, 0.15) is 11.6 Å². The van der Waals surface area contributed by atoms with Crippen LogP contribution in [0.3, 0.4) is 0 Å². The molecule has 3 aromatic heterocycles. The second kappa shape index (κ2) is 10.5. The maximum Gasteiger partial charge on any atom is 0.160 e. The largest absolute Gasteiger partial charge is 0.391 e. The normalized spacial score (nSPS) is 21.7. The van der Waals surface area contributed by atoms with Crippen molar-refractivity contribution in [1.82, 2.24) is 19.7 Å². The van der Waals surface area contributed by atoms with E-state index in [1.54, 1.807) is 0 Å². The van der Waals surface area contributed by atoms with Crippen LogP contribution in [-0.4, -0.2) is 63.3 Å². The first-order valence-corrected chi connectivity index (χ1v) is 12.8. The fourth-order valence-corrected chi connectivity index (χ4v) is 5.11. The van der Waals surface area contributed by atoms with Gasteiger partial charge in [-0.15, -0.1) is 0 Å². The molecule has 9 nitrogen and oxygen atoms in total. The van der Waals surface area contributed by atoms with E-state index < -0.39 is 6.10 Å². The van der Waals surface area contributed by atoms with Gasteiger partial charge in [0.2, 0.25) is 0 Å². The number of aryl methyl sites for hydroxylation is 1. The van der Waals surface area contributed by atoms with Crippen molar-refractivity contribution in [3.63, 3.8) is 0 Å². The van der Waals surface area contributed by atoms with E-state index in [2.05, 4.69) is 35.2 Å². The van der Waals surface area contributed by atoms with Gasteiger partial charge >= 0.3 is 0 Å². The van der Waals surface area contributed by atoms with Crippen molar-refractivity contribution in [2.75, 3.05) is 36.5 Å². The summed E-state index contributed by atoms with van der Waals surface area (Å²) in [5.41, 5.74) is 9.46. The molecule has 0 saturated carbocycles. The molecule has 5 heterocycles. The molecular weight excluding hydrogens is 442 g/mol. The van der Waals surface area contributed by atoms with Crippen LogP contribution in [0.2, 0.25) is 0 Å². The predicted molar refractivity (Wildman–Crippen MR) is 138 cm³/mol. The lowest BCUT2D eigenvalue weighted by Crippen LogP contribution is -2.51. The molecule has 0 spiro atoms. The van der Waals surface area contributed by atoms with Crippen LogP contribution < -0.4 is 16.0 Å². The Balaban J connectivity index is 1.40. The minimum absolute atomic E-state index is 0.230. The second-order valence-corrected chi connectivity index (χ2v) is 10.2. The molecule has 2 aliphatic rings. The third kappa shape index (κ3) is 5.42. The van der Waals surface area contributed by atoms with Crippen molar-refractivity contribution >= 4 is 28.4 Å². The van der Waals surface area contributed by atoms with Crippen LogP contribution in [0.25, 0.3) is 11.0 Å². The SMILES string of the molecule is CC(C)n1ncc2ccc(Nc3cc(N4CC[C@@H](O)[C@H](N)C4)c(CCC4CCOCC4)cn3)nc21. The molecule has 188 valence electrons. The van der Waals surface area contributed by atoms with E-state index in [4.69, 9.17) is 20.4 Å². The number of ether oxygens (including phenoxy) is 1. The first-order valence-electron chi connectivity index (χ1n) is 12.8. The van der Waals surface area contributed by atoms with E-state index in [-0.39, 0.29) is 12.1 Å². The number of piperidine rings is 1. The van der Waals surface area contributed by atoms with E-state index >= 15 is 0 Å². The van der Waals surface area contributed by atoms with E-state index in [9.17, 15) is 5.11 Å². The third-order valence-electron chi connectivity index (χ3n) is 7.27. The molecule has 0 bridgehead atoms. The maximum absolute atomic E-state index is 10.2. The topological polar surface area (TPSA) is 114 Å². The molecule has 4 N–H and O–H groups in total. The molecular formula is C26H37N7O2. The monoisotopic (exact) mass is 479 g/mol. The number of aromatic nitrogens is 4. The number of fused-ring (bicyclic) bond motifs is 1. The molecule has 0 aromatic carbocycles. The summed E-state index contributed by atoms with van der Waals surface area (Å²) in [4.78, 5) is 11.9. The highest BCUT2D eigenvalue weighted by molar-refractivity contribution is 5.77. The zero-order valence-electron chi connectivity index (χ0n) is 20.7. The van der Waals surface area contributed by atoms with Crippen molar-refractivity contribution in [3.8, 4) is 0 Å². The Hall–Kier alpha value is -2.75. The molecule has 5 rings (SSSR count). The Labute approximate surface area is 206 Å². The van der Waals surface area contributed by atoms with Crippen molar-refractivity contribution in [2.45, 2.75) is 64.1 Å². The number of rotatable bonds is 7. The van der Waals surface area contributed by atoms with Crippen LogP contribution in [0.5, 0.6) is 0 Å². The number of nitrogens with two attached hydrogens (primary N) is 1. The van der Waals surface area contributed by atoms with Crippen LogP contribution in [0.1, 0.15) is 51.1 Å². The summed E-state index contributed by atoms with van der Waals surface area (Å²) in [7, 11) is 0. The van der Waals surface area contributed by atoms with E-state index in [0.717, 1.165) is 73.8 Å². The number of pyridine rings is 2. The maximum atomic E-state index is 10.2.